The van der Waals surface area contributed by atoms with E-state index in [0.29, 0.717) is 5.92 Å². The van der Waals surface area contributed by atoms with Gasteiger partial charge in [0.2, 0.25) is 0 Å². The van der Waals surface area contributed by atoms with Crippen molar-refractivity contribution in [1.82, 2.24) is 9.88 Å². The average Bonchev–Trinajstić information content (AvgIpc) is 3.12. The van der Waals surface area contributed by atoms with Gasteiger partial charge in [0.05, 0.1) is 15.2 Å². The van der Waals surface area contributed by atoms with Crippen molar-refractivity contribution in [2.24, 2.45) is 0 Å². The van der Waals surface area contributed by atoms with Gasteiger partial charge in [0.25, 0.3) is 5.91 Å². The average molecular weight is 383 g/mol. The highest BCUT2D eigenvalue weighted by Gasteiger charge is 2.27. The lowest BCUT2D eigenvalue weighted by Gasteiger charge is -2.31. The lowest BCUT2D eigenvalue weighted by molar-refractivity contribution is 0.0712. The van der Waals surface area contributed by atoms with Crippen LogP contribution in [-0.2, 0) is 0 Å². The predicted octanol–water partition coefficient (Wildman–Crippen LogP) is 5.35. The number of aromatic nitrogens is 1. The molecule has 26 heavy (non-hydrogen) atoms. The zero-order valence-electron chi connectivity index (χ0n) is 15.1. The first-order valence-electron chi connectivity index (χ1n) is 8.95. The highest BCUT2D eigenvalue weighted by Crippen LogP contribution is 2.34. The zero-order valence-corrected chi connectivity index (χ0v) is 16.7. The number of hydrogen-bond donors (Lipinski definition) is 0. The van der Waals surface area contributed by atoms with Crippen molar-refractivity contribution in [3.05, 3.63) is 58.6 Å². The Morgan fingerprint density at radius 3 is 2.69 bits per heavy atom. The number of likely N-dealkylation sites (tertiary alicyclic amines) is 1. The van der Waals surface area contributed by atoms with Gasteiger partial charge in [0, 0.05) is 29.5 Å². The Bertz CT molecular complexity index is 909. The molecule has 1 saturated heterocycles. The maximum Gasteiger partial charge on any atom is 0.254 e. The van der Waals surface area contributed by atoms with Crippen LogP contribution < -0.4 is 0 Å². The number of rotatable bonds is 3. The van der Waals surface area contributed by atoms with E-state index in [2.05, 4.69) is 24.3 Å². The van der Waals surface area contributed by atoms with E-state index in [1.54, 1.807) is 23.1 Å². The Morgan fingerprint density at radius 2 is 1.96 bits per heavy atom. The fourth-order valence-electron chi connectivity index (χ4n) is 3.52. The van der Waals surface area contributed by atoms with Crippen LogP contribution in [0.2, 0.25) is 0 Å². The molecule has 3 nitrogen and oxygen atoms in total. The molecule has 4 rings (SSSR count). The van der Waals surface area contributed by atoms with Crippen molar-refractivity contribution in [2.75, 3.05) is 19.3 Å². The van der Waals surface area contributed by atoms with Crippen molar-refractivity contribution in [2.45, 2.75) is 30.6 Å². The summed E-state index contributed by atoms with van der Waals surface area (Å²) in [6.45, 7) is 3.63. The second-order valence-electron chi connectivity index (χ2n) is 6.77. The van der Waals surface area contributed by atoms with Gasteiger partial charge in [0.15, 0.2) is 0 Å². The summed E-state index contributed by atoms with van der Waals surface area (Å²) in [5.74, 6) is 0.635. The molecule has 0 spiro atoms. The molecule has 0 radical (unpaired) electrons. The predicted molar refractivity (Wildman–Crippen MR) is 110 cm³/mol. The van der Waals surface area contributed by atoms with Gasteiger partial charge in [-0.05, 0) is 55.9 Å². The number of carbonyl (C=O) groups excluding carboxylic acids is 1. The number of aryl methyl sites for hydroxylation is 1. The molecule has 0 unspecified atom stereocenters. The summed E-state index contributed by atoms with van der Waals surface area (Å²) < 4.78 is 1.26. The number of carbonyl (C=O) groups is 1. The highest BCUT2D eigenvalue weighted by atomic mass is 32.2. The number of benzene rings is 2. The van der Waals surface area contributed by atoms with Gasteiger partial charge in [-0.2, -0.15) is 0 Å². The fraction of sp³-hybridized carbons (Fsp3) is 0.333. The van der Waals surface area contributed by atoms with Crippen molar-refractivity contribution in [3.63, 3.8) is 0 Å². The van der Waals surface area contributed by atoms with Gasteiger partial charge in [0.1, 0.15) is 0 Å². The molecule has 1 amide bonds. The zero-order chi connectivity index (χ0) is 18.1. The normalized spacial score (nSPS) is 15.5. The monoisotopic (exact) mass is 382 g/mol. The van der Waals surface area contributed by atoms with Crippen LogP contribution in [0.25, 0.3) is 10.2 Å². The number of thioether (sulfide) groups is 1. The molecule has 134 valence electrons. The summed E-state index contributed by atoms with van der Waals surface area (Å²) in [5, 5.41) is 1.22. The molecule has 2 aromatic carbocycles. The molecule has 1 aromatic heterocycles. The smallest absolute Gasteiger partial charge is 0.254 e. The Labute approximate surface area is 162 Å². The second kappa shape index (κ2) is 7.41. The van der Waals surface area contributed by atoms with Gasteiger partial charge in [-0.15, -0.1) is 23.1 Å². The fourth-order valence-corrected chi connectivity index (χ4v) is 5.10. The van der Waals surface area contributed by atoms with E-state index in [1.807, 2.05) is 36.3 Å². The summed E-state index contributed by atoms with van der Waals surface area (Å²) in [7, 11) is 0. The maximum atomic E-state index is 13.0. The number of piperidine rings is 1. The summed E-state index contributed by atoms with van der Waals surface area (Å²) in [6.07, 6.45) is 4.03. The number of nitrogens with zero attached hydrogens (tertiary/aromatic N) is 2. The maximum absolute atomic E-state index is 13.0. The first-order chi connectivity index (χ1) is 12.7. The molecule has 0 aliphatic carbocycles. The van der Waals surface area contributed by atoms with E-state index in [-0.39, 0.29) is 5.91 Å². The van der Waals surface area contributed by atoms with E-state index in [0.717, 1.165) is 47.5 Å². The molecule has 0 saturated carbocycles. The quantitative estimate of drug-likeness (QED) is 0.573. The van der Waals surface area contributed by atoms with Crippen LogP contribution in [0, 0.1) is 6.92 Å². The van der Waals surface area contributed by atoms with Crippen LogP contribution in [0.15, 0.2) is 47.4 Å². The molecule has 0 atom stereocenters. The van der Waals surface area contributed by atoms with E-state index < -0.39 is 0 Å². The minimum Gasteiger partial charge on any atom is -0.339 e. The van der Waals surface area contributed by atoms with Crippen molar-refractivity contribution in [1.29, 1.82) is 0 Å². The molecule has 1 aliphatic rings. The van der Waals surface area contributed by atoms with E-state index in [1.165, 1.54) is 9.71 Å². The SMILES string of the molecule is CSc1ccc(C)c(C(=O)N2CCC(c3nc4ccccc4s3)CC2)c1. The summed E-state index contributed by atoms with van der Waals surface area (Å²) in [4.78, 5) is 20.9. The number of amides is 1. The molecule has 0 N–H and O–H groups in total. The summed E-state index contributed by atoms with van der Waals surface area (Å²) in [5.41, 5.74) is 2.99. The van der Waals surface area contributed by atoms with Crippen LogP contribution >= 0.6 is 23.1 Å². The standard InChI is InChI=1S/C21H22N2OS2/c1-14-7-8-16(25-2)13-17(14)21(24)23-11-9-15(10-12-23)20-22-18-5-3-4-6-19(18)26-20/h3-8,13,15H,9-12H2,1-2H3. The number of hydrogen-bond acceptors (Lipinski definition) is 4. The Morgan fingerprint density at radius 1 is 1.19 bits per heavy atom. The molecule has 1 fully saturated rings. The minimum atomic E-state index is 0.168. The summed E-state index contributed by atoms with van der Waals surface area (Å²) in [6, 6.07) is 14.5. The van der Waals surface area contributed by atoms with Crippen LogP contribution in [0.1, 0.15) is 39.7 Å². The first-order valence-corrected chi connectivity index (χ1v) is 11.0. The van der Waals surface area contributed by atoms with Gasteiger partial charge >= 0.3 is 0 Å². The number of thiazole rings is 1. The molecule has 2 heterocycles. The van der Waals surface area contributed by atoms with Crippen molar-refractivity contribution < 1.29 is 4.79 Å². The molecule has 3 aromatic rings. The molecule has 0 bridgehead atoms. The van der Waals surface area contributed by atoms with Crippen LogP contribution in [-0.4, -0.2) is 35.1 Å². The Hall–Kier alpha value is -1.85. The van der Waals surface area contributed by atoms with Crippen LogP contribution in [0.5, 0.6) is 0 Å². The van der Waals surface area contributed by atoms with Crippen molar-refractivity contribution >= 4 is 39.2 Å². The van der Waals surface area contributed by atoms with E-state index in [9.17, 15) is 4.79 Å². The van der Waals surface area contributed by atoms with Gasteiger partial charge in [-0.1, -0.05) is 18.2 Å². The van der Waals surface area contributed by atoms with E-state index in [4.69, 9.17) is 4.98 Å². The third-order valence-corrected chi connectivity index (χ3v) is 7.04. The van der Waals surface area contributed by atoms with E-state index >= 15 is 0 Å². The summed E-state index contributed by atoms with van der Waals surface area (Å²) >= 11 is 3.48. The highest BCUT2D eigenvalue weighted by molar-refractivity contribution is 7.98. The molecular weight excluding hydrogens is 360 g/mol. The lowest BCUT2D eigenvalue weighted by atomic mass is 9.96. The molecule has 1 aliphatic heterocycles. The largest absolute Gasteiger partial charge is 0.339 e. The van der Waals surface area contributed by atoms with Gasteiger partial charge < -0.3 is 4.90 Å². The van der Waals surface area contributed by atoms with Gasteiger partial charge in [-0.25, -0.2) is 4.98 Å². The minimum absolute atomic E-state index is 0.168. The Kier molecular flexibility index (Phi) is 5.00. The van der Waals surface area contributed by atoms with Crippen LogP contribution in [0.3, 0.4) is 0 Å². The number of para-hydroxylation sites is 1. The van der Waals surface area contributed by atoms with Crippen molar-refractivity contribution in [3.8, 4) is 0 Å². The first kappa shape index (κ1) is 17.6. The topological polar surface area (TPSA) is 33.2 Å². The third kappa shape index (κ3) is 3.38. The van der Waals surface area contributed by atoms with Crippen LogP contribution in [0.4, 0.5) is 0 Å². The second-order valence-corrected chi connectivity index (χ2v) is 8.71. The molecular formula is C21H22N2OS2. The third-order valence-electron chi connectivity index (χ3n) is 5.12. The molecule has 5 heteroatoms. The lowest BCUT2D eigenvalue weighted by Crippen LogP contribution is -2.38. The number of fused-ring (bicyclic) bond motifs is 1. The Balaban J connectivity index is 1.47. The van der Waals surface area contributed by atoms with Gasteiger partial charge in [-0.3, -0.25) is 4.79 Å².